The lowest BCUT2D eigenvalue weighted by Crippen LogP contribution is -2.29. The molecule has 1 atom stereocenters. The number of sulfonamides is 1. The van der Waals surface area contributed by atoms with E-state index in [9.17, 15) is 8.42 Å². The molecule has 5 heteroatoms. The molecule has 0 spiro atoms. The molecule has 0 amide bonds. The predicted molar refractivity (Wildman–Crippen MR) is 104 cm³/mol. The van der Waals surface area contributed by atoms with Gasteiger partial charge in [0.15, 0.2) is 0 Å². The normalized spacial score (nSPS) is 12.7. The van der Waals surface area contributed by atoms with Crippen LogP contribution in [0.2, 0.25) is 0 Å². The first-order valence-corrected chi connectivity index (χ1v) is 10.1. The minimum atomic E-state index is -3.64. The van der Waals surface area contributed by atoms with Gasteiger partial charge in [-0.15, -0.1) is 0 Å². The first-order valence-electron chi connectivity index (χ1n) is 7.85. The van der Waals surface area contributed by atoms with Crippen molar-refractivity contribution in [3.63, 3.8) is 0 Å². The Morgan fingerprint density at radius 1 is 0.800 bits per heavy atom. The molecule has 0 aliphatic heterocycles. The molecule has 0 unspecified atom stereocenters. The molecule has 3 rings (SSSR count). The third-order valence-corrected chi connectivity index (χ3v) is 5.91. The molecule has 0 aliphatic rings. The molecule has 0 saturated carbocycles. The van der Waals surface area contributed by atoms with E-state index >= 15 is 0 Å². The molecule has 3 aromatic rings. The standard InChI is InChI=1S/C20H18BrNO2S/c1-15-7-13-19(14-8-15)25(23,24)22-20(16-5-3-2-4-6-16)17-9-11-18(21)12-10-17/h2-14,20,22H,1H3/t20-/m0/s1. The topological polar surface area (TPSA) is 46.2 Å². The van der Waals surface area contributed by atoms with Crippen LogP contribution < -0.4 is 4.72 Å². The Morgan fingerprint density at radius 3 is 1.96 bits per heavy atom. The van der Waals surface area contributed by atoms with Crippen molar-refractivity contribution < 1.29 is 8.42 Å². The van der Waals surface area contributed by atoms with Crippen molar-refractivity contribution in [1.29, 1.82) is 0 Å². The molecule has 25 heavy (non-hydrogen) atoms. The molecule has 0 fully saturated rings. The van der Waals surface area contributed by atoms with Crippen LogP contribution in [0.25, 0.3) is 0 Å². The van der Waals surface area contributed by atoms with Crippen molar-refractivity contribution >= 4 is 26.0 Å². The van der Waals surface area contributed by atoms with Gasteiger partial charge in [-0.2, -0.15) is 4.72 Å². The molecule has 0 aromatic heterocycles. The van der Waals surface area contributed by atoms with Crippen LogP contribution in [0.15, 0.2) is 88.2 Å². The summed E-state index contributed by atoms with van der Waals surface area (Å²) in [4.78, 5) is 0.260. The second-order valence-electron chi connectivity index (χ2n) is 5.83. The van der Waals surface area contributed by atoms with Crippen LogP contribution in [0.1, 0.15) is 22.7 Å². The Hall–Kier alpha value is -1.95. The summed E-state index contributed by atoms with van der Waals surface area (Å²) in [5, 5.41) is 0. The Kier molecular flexibility index (Phi) is 5.37. The van der Waals surface area contributed by atoms with Gasteiger partial charge in [0.1, 0.15) is 0 Å². The summed E-state index contributed by atoms with van der Waals surface area (Å²) in [6.07, 6.45) is 0. The van der Waals surface area contributed by atoms with Crippen LogP contribution in [0.5, 0.6) is 0 Å². The Morgan fingerprint density at radius 2 is 1.36 bits per heavy atom. The molecular weight excluding hydrogens is 398 g/mol. The number of rotatable bonds is 5. The fraction of sp³-hybridized carbons (Fsp3) is 0.100. The molecule has 0 radical (unpaired) electrons. The van der Waals surface area contributed by atoms with Gasteiger partial charge < -0.3 is 0 Å². The smallest absolute Gasteiger partial charge is 0.207 e. The zero-order chi connectivity index (χ0) is 17.9. The maximum Gasteiger partial charge on any atom is 0.241 e. The molecule has 3 aromatic carbocycles. The first-order chi connectivity index (χ1) is 12.0. The largest absolute Gasteiger partial charge is 0.241 e. The highest BCUT2D eigenvalue weighted by atomic mass is 79.9. The number of halogens is 1. The van der Waals surface area contributed by atoms with Crippen molar-refractivity contribution in [1.82, 2.24) is 4.72 Å². The van der Waals surface area contributed by atoms with Gasteiger partial charge in [-0.1, -0.05) is 76.1 Å². The maximum absolute atomic E-state index is 12.8. The third kappa shape index (κ3) is 4.37. The SMILES string of the molecule is Cc1ccc(S(=O)(=O)N[C@@H](c2ccccc2)c2ccc(Br)cc2)cc1. The summed E-state index contributed by atoms with van der Waals surface area (Å²) in [6.45, 7) is 1.93. The van der Waals surface area contributed by atoms with Gasteiger partial charge in [-0.25, -0.2) is 8.42 Å². The summed E-state index contributed by atoms with van der Waals surface area (Å²) < 4.78 is 29.5. The van der Waals surface area contributed by atoms with Crippen molar-refractivity contribution in [3.05, 3.63) is 100 Å². The number of aryl methyl sites for hydroxylation is 1. The highest BCUT2D eigenvalue weighted by molar-refractivity contribution is 9.10. The average molecular weight is 416 g/mol. The van der Waals surface area contributed by atoms with Gasteiger partial charge in [0, 0.05) is 4.47 Å². The third-order valence-electron chi connectivity index (χ3n) is 3.94. The van der Waals surface area contributed by atoms with E-state index in [0.717, 1.165) is 21.2 Å². The van der Waals surface area contributed by atoms with Crippen LogP contribution in [-0.2, 0) is 10.0 Å². The zero-order valence-electron chi connectivity index (χ0n) is 13.7. The van der Waals surface area contributed by atoms with Gasteiger partial charge in [-0.05, 0) is 42.3 Å². The van der Waals surface area contributed by atoms with Crippen LogP contribution in [0, 0.1) is 6.92 Å². The Labute approximate surface area is 156 Å². The van der Waals surface area contributed by atoms with Crippen molar-refractivity contribution in [2.75, 3.05) is 0 Å². The molecule has 128 valence electrons. The van der Waals surface area contributed by atoms with Crippen LogP contribution >= 0.6 is 15.9 Å². The number of hydrogen-bond donors (Lipinski definition) is 1. The molecule has 0 aliphatic carbocycles. The molecule has 3 nitrogen and oxygen atoms in total. The Bertz CT molecular complexity index is 937. The van der Waals surface area contributed by atoms with Gasteiger partial charge in [0.25, 0.3) is 0 Å². The van der Waals surface area contributed by atoms with Gasteiger partial charge in [-0.3, -0.25) is 0 Å². The molecule has 0 heterocycles. The lowest BCUT2D eigenvalue weighted by molar-refractivity contribution is 0.572. The van der Waals surface area contributed by atoms with Crippen LogP contribution in [-0.4, -0.2) is 8.42 Å². The fourth-order valence-electron chi connectivity index (χ4n) is 2.57. The van der Waals surface area contributed by atoms with E-state index < -0.39 is 16.1 Å². The lowest BCUT2D eigenvalue weighted by Gasteiger charge is -2.20. The highest BCUT2D eigenvalue weighted by Gasteiger charge is 2.22. The van der Waals surface area contributed by atoms with Gasteiger partial charge in [0.2, 0.25) is 10.0 Å². The van der Waals surface area contributed by atoms with E-state index in [2.05, 4.69) is 20.7 Å². The van der Waals surface area contributed by atoms with E-state index in [1.54, 1.807) is 24.3 Å². The molecule has 0 bridgehead atoms. The minimum absolute atomic E-state index is 0.260. The predicted octanol–water partition coefficient (Wildman–Crippen LogP) is 4.83. The monoisotopic (exact) mass is 415 g/mol. The summed E-state index contributed by atoms with van der Waals surface area (Å²) >= 11 is 3.42. The minimum Gasteiger partial charge on any atom is -0.207 e. The van der Waals surface area contributed by atoms with E-state index in [4.69, 9.17) is 0 Å². The Balaban J connectivity index is 2.00. The number of hydrogen-bond acceptors (Lipinski definition) is 2. The van der Waals surface area contributed by atoms with Crippen LogP contribution in [0.3, 0.4) is 0 Å². The van der Waals surface area contributed by atoms with Crippen molar-refractivity contribution in [3.8, 4) is 0 Å². The van der Waals surface area contributed by atoms with Gasteiger partial charge >= 0.3 is 0 Å². The van der Waals surface area contributed by atoms with E-state index in [-0.39, 0.29) is 4.90 Å². The quantitative estimate of drug-likeness (QED) is 0.648. The summed E-state index contributed by atoms with van der Waals surface area (Å²) in [5.74, 6) is 0. The van der Waals surface area contributed by atoms with E-state index in [1.165, 1.54) is 0 Å². The maximum atomic E-state index is 12.8. The van der Waals surface area contributed by atoms with Crippen molar-refractivity contribution in [2.45, 2.75) is 17.9 Å². The fourth-order valence-corrected chi connectivity index (χ4v) is 4.05. The second-order valence-corrected chi connectivity index (χ2v) is 8.46. The zero-order valence-corrected chi connectivity index (χ0v) is 16.1. The number of nitrogens with one attached hydrogen (secondary N) is 1. The number of benzene rings is 3. The molecular formula is C20H18BrNO2S. The first kappa shape index (κ1) is 17.9. The van der Waals surface area contributed by atoms with Gasteiger partial charge in [0.05, 0.1) is 10.9 Å². The molecule has 1 N–H and O–H groups in total. The van der Waals surface area contributed by atoms with E-state index in [1.807, 2.05) is 61.5 Å². The van der Waals surface area contributed by atoms with Crippen LogP contribution in [0.4, 0.5) is 0 Å². The lowest BCUT2D eigenvalue weighted by atomic mass is 10.00. The van der Waals surface area contributed by atoms with Crippen molar-refractivity contribution in [2.24, 2.45) is 0 Å². The summed E-state index contributed by atoms with van der Waals surface area (Å²) in [5.41, 5.74) is 2.79. The molecule has 0 saturated heterocycles. The average Bonchev–Trinajstić information content (AvgIpc) is 2.62. The highest BCUT2D eigenvalue weighted by Crippen LogP contribution is 2.26. The summed E-state index contributed by atoms with van der Waals surface area (Å²) in [6, 6.07) is 23.6. The van der Waals surface area contributed by atoms with E-state index in [0.29, 0.717) is 0 Å². The second kappa shape index (κ2) is 7.52. The summed E-state index contributed by atoms with van der Waals surface area (Å²) in [7, 11) is -3.64.